The number of primary amides is 1. The summed E-state index contributed by atoms with van der Waals surface area (Å²) in [7, 11) is 0. The monoisotopic (exact) mass is 267 g/mol. The highest BCUT2D eigenvalue weighted by atomic mass is 16.1. The zero-order valence-electron chi connectivity index (χ0n) is 11.2. The highest BCUT2D eigenvalue weighted by molar-refractivity contribution is 6.01. The van der Waals surface area contributed by atoms with E-state index in [9.17, 15) is 4.79 Å². The first-order valence-corrected chi connectivity index (χ1v) is 6.15. The minimum Gasteiger partial charge on any atom is -0.364 e. The average molecular weight is 267 g/mol. The van der Waals surface area contributed by atoms with Crippen molar-refractivity contribution < 1.29 is 4.79 Å². The topological polar surface area (TPSA) is 86.7 Å². The molecule has 0 aliphatic rings. The van der Waals surface area contributed by atoms with E-state index >= 15 is 0 Å². The Bertz CT molecular complexity index is 822. The second-order valence-corrected chi connectivity index (χ2v) is 4.56. The van der Waals surface area contributed by atoms with Gasteiger partial charge in [0.2, 0.25) is 0 Å². The number of imidazole rings is 1. The number of para-hydroxylation sites is 1. The third-order valence-corrected chi connectivity index (χ3v) is 3.12. The molecule has 2 N–H and O–H groups in total. The lowest BCUT2D eigenvalue weighted by atomic mass is 10.2. The first-order valence-electron chi connectivity index (χ1n) is 6.15. The molecule has 2 heterocycles. The van der Waals surface area contributed by atoms with Crippen molar-refractivity contribution in [3.63, 3.8) is 0 Å². The molecule has 0 aliphatic heterocycles. The molecule has 0 spiro atoms. The maximum atomic E-state index is 11.5. The number of amides is 1. The predicted octanol–water partition coefficient (Wildman–Crippen LogP) is 1.53. The van der Waals surface area contributed by atoms with Crippen molar-refractivity contribution in [1.82, 2.24) is 19.5 Å². The van der Waals surface area contributed by atoms with Gasteiger partial charge in [-0.2, -0.15) is 0 Å². The zero-order valence-corrected chi connectivity index (χ0v) is 11.2. The molecule has 0 fully saturated rings. The number of carbonyl (C=O) groups excluding carboxylic acids is 1. The molecule has 0 saturated heterocycles. The lowest BCUT2D eigenvalue weighted by molar-refractivity contribution is 0.0997. The van der Waals surface area contributed by atoms with Crippen LogP contribution in [0.5, 0.6) is 0 Å². The summed E-state index contributed by atoms with van der Waals surface area (Å²) < 4.78 is 1.84. The largest absolute Gasteiger partial charge is 0.364 e. The Morgan fingerprint density at radius 2 is 1.95 bits per heavy atom. The molecule has 3 aromatic rings. The van der Waals surface area contributed by atoms with Crippen molar-refractivity contribution in [2.45, 2.75) is 13.8 Å². The molecule has 20 heavy (non-hydrogen) atoms. The van der Waals surface area contributed by atoms with Crippen LogP contribution in [0.2, 0.25) is 0 Å². The van der Waals surface area contributed by atoms with Crippen LogP contribution in [0.15, 0.2) is 30.6 Å². The van der Waals surface area contributed by atoms with Crippen molar-refractivity contribution in [2.75, 3.05) is 0 Å². The Morgan fingerprint density at radius 1 is 1.20 bits per heavy atom. The number of rotatable bonds is 2. The number of hydrogen-bond acceptors (Lipinski definition) is 4. The van der Waals surface area contributed by atoms with Crippen molar-refractivity contribution in [1.29, 1.82) is 0 Å². The van der Waals surface area contributed by atoms with Crippen LogP contribution in [0.3, 0.4) is 0 Å². The van der Waals surface area contributed by atoms with E-state index in [4.69, 9.17) is 5.73 Å². The fraction of sp³-hybridized carbons (Fsp3) is 0.143. The molecule has 6 nitrogen and oxygen atoms in total. The second-order valence-electron chi connectivity index (χ2n) is 4.56. The van der Waals surface area contributed by atoms with E-state index in [0.717, 1.165) is 11.3 Å². The smallest absolute Gasteiger partial charge is 0.269 e. The summed E-state index contributed by atoms with van der Waals surface area (Å²) in [6, 6.07) is 7.88. The minimum absolute atomic E-state index is 0.153. The molecule has 0 aliphatic carbocycles. The van der Waals surface area contributed by atoms with E-state index in [1.165, 1.54) is 0 Å². The maximum absolute atomic E-state index is 11.5. The second kappa shape index (κ2) is 4.41. The Hall–Kier alpha value is -2.76. The first-order chi connectivity index (χ1) is 9.58. The van der Waals surface area contributed by atoms with Crippen LogP contribution in [0.25, 0.3) is 16.9 Å². The number of aromatic nitrogens is 4. The van der Waals surface area contributed by atoms with Gasteiger partial charge in [-0.1, -0.05) is 18.2 Å². The van der Waals surface area contributed by atoms with Gasteiger partial charge in [0.1, 0.15) is 17.7 Å². The van der Waals surface area contributed by atoms with Crippen LogP contribution in [0.4, 0.5) is 0 Å². The van der Waals surface area contributed by atoms with Crippen LogP contribution >= 0.6 is 0 Å². The van der Waals surface area contributed by atoms with E-state index in [1.807, 2.05) is 35.8 Å². The van der Waals surface area contributed by atoms with Gasteiger partial charge >= 0.3 is 0 Å². The van der Waals surface area contributed by atoms with Crippen molar-refractivity contribution in [3.05, 3.63) is 47.7 Å². The molecule has 3 rings (SSSR count). The van der Waals surface area contributed by atoms with Gasteiger partial charge in [-0.3, -0.25) is 9.36 Å². The average Bonchev–Trinajstić information content (AvgIpc) is 2.81. The van der Waals surface area contributed by atoms with Gasteiger partial charge in [-0.25, -0.2) is 15.0 Å². The van der Waals surface area contributed by atoms with Crippen LogP contribution in [-0.2, 0) is 0 Å². The van der Waals surface area contributed by atoms with Gasteiger partial charge in [0.25, 0.3) is 5.91 Å². The molecule has 2 aromatic heterocycles. The van der Waals surface area contributed by atoms with Crippen LogP contribution < -0.4 is 5.73 Å². The van der Waals surface area contributed by atoms with Crippen LogP contribution in [0, 0.1) is 13.8 Å². The lowest BCUT2D eigenvalue weighted by Crippen LogP contribution is -2.15. The van der Waals surface area contributed by atoms with Crippen molar-refractivity contribution in [3.8, 4) is 5.69 Å². The summed E-state index contributed by atoms with van der Waals surface area (Å²) in [5.74, 6) is -0.114. The standard InChI is InChI=1S/C14H13N5O/c1-8-5-3-4-6-10(8)19-7-16-12-11(13(15)20)17-9(2)18-14(12)19/h3-7H,1-2H3,(H2,15,20). The normalized spacial score (nSPS) is 10.9. The predicted molar refractivity (Wildman–Crippen MR) is 74.7 cm³/mol. The quantitative estimate of drug-likeness (QED) is 0.762. The summed E-state index contributed by atoms with van der Waals surface area (Å²) in [6.45, 7) is 3.73. The van der Waals surface area contributed by atoms with Gasteiger partial charge < -0.3 is 5.73 Å². The van der Waals surface area contributed by atoms with E-state index in [-0.39, 0.29) is 5.69 Å². The summed E-state index contributed by atoms with van der Waals surface area (Å²) in [5.41, 5.74) is 8.56. The molecule has 1 amide bonds. The highest BCUT2D eigenvalue weighted by Gasteiger charge is 2.16. The maximum Gasteiger partial charge on any atom is 0.269 e. The molecule has 0 radical (unpaired) electrons. The van der Waals surface area contributed by atoms with E-state index in [2.05, 4.69) is 15.0 Å². The SMILES string of the molecule is Cc1nc(C(N)=O)c2ncn(-c3ccccc3C)c2n1. The molecule has 0 atom stereocenters. The Morgan fingerprint density at radius 3 is 2.65 bits per heavy atom. The Balaban J connectivity index is 2.35. The highest BCUT2D eigenvalue weighted by Crippen LogP contribution is 2.20. The van der Waals surface area contributed by atoms with Gasteiger partial charge in [0.05, 0.1) is 5.69 Å². The van der Waals surface area contributed by atoms with E-state index in [0.29, 0.717) is 17.0 Å². The van der Waals surface area contributed by atoms with E-state index < -0.39 is 5.91 Å². The molecule has 0 unspecified atom stereocenters. The van der Waals surface area contributed by atoms with E-state index in [1.54, 1.807) is 13.3 Å². The number of fused-ring (bicyclic) bond motifs is 1. The number of benzene rings is 1. The molecule has 0 bridgehead atoms. The van der Waals surface area contributed by atoms with Gasteiger partial charge in [0.15, 0.2) is 11.3 Å². The van der Waals surface area contributed by atoms with Crippen LogP contribution in [0.1, 0.15) is 21.9 Å². The Labute approximate surface area is 115 Å². The third kappa shape index (κ3) is 1.82. The number of carbonyl (C=O) groups is 1. The van der Waals surface area contributed by atoms with Crippen molar-refractivity contribution >= 4 is 17.1 Å². The molecule has 1 aromatic carbocycles. The minimum atomic E-state index is -0.601. The summed E-state index contributed by atoms with van der Waals surface area (Å²) in [4.78, 5) is 24.1. The van der Waals surface area contributed by atoms with Crippen molar-refractivity contribution in [2.24, 2.45) is 5.73 Å². The third-order valence-electron chi connectivity index (χ3n) is 3.12. The van der Waals surface area contributed by atoms with Gasteiger partial charge in [0, 0.05) is 0 Å². The summed E-state index contributed by atoms with van der Waals surface area (Å²) >= 11 is 0. The van der Waals surface area contributed by atoms with Crippen LogP contribution in [-0.4, -0.2) is 25.4 Å². The molecular formula is C14H13N5O. The lowest BCUT2D eigenvalue weighted by Gasteiger charge is -2.07. The zero-order chi connectivity index (χ0) is 14.3. The Kier molecular flexibility index (Phi) is 2.71. The molecule has 6 heteroatoms. The fourth-order valence-electron chi connectivity index (χ4n) is 2.19. The van der Waals surface area contributed by atoms with Gasteiger partial charge in [-0.05, 0) is 25.5 Å². The van der Waals surface area contributed by atoms with Gasteiger partial charge in [-0.15, -0.1) is 0 Å². The fourth-order valence-corrected chi connectivity index (χ4v) is 2.19. The molecule has 0 saturated carbocycles. The number of nitrogens with two attached hydrogens (primary N) is 1. The number of nitrogens with zero attached hydrogens (tertiary/aromatic N) is 4. The number of hydrogen-bond donors (Lipinski definition) is 1. The number of aryl methyl sites for hydroxylation is 2. The molecule has 100 valence electrons. The first kappa shape index (κ1) is 12.3. The summed E-state index contributed by atoms with van der Waals surface area (Å²) in [6.07, 6.45) is 1.63. The molecular weight excluding hydrogens is 254 g/mol. The summed E-state index contributed by atoms with van der Waals surface area (Å²) in [5, 5.41) is 0.